The first-order valence-corrected chi connectivity index (χ1v) is 7.57. The summed E-state index contributed by atoms with van der Waals surface area (Å²) in [5, 5.41) is 0. The molecule has 1 heterocycles. The minimum absolute atomic E-state index is 0.515. The number of hydrogen-bond donors (Lipinski definition) is 1. The standard InChI is InChI=1S/C13H8Br3NO2/c14-7-1-3-9(10(15)5-7)13-11(16)6-8(19-13)2-4-12(17)18/h1-6H,(H2,17,18)/b4-2-. The summed E-state index contributed by atoms with van der Waals surface area (Å²) in [6, 6.07) is 7.57. The van der Waals surface area contributed by atoms with Gasteiger partial charge in [0, 0.05) is 20.6 Å². The zero-order valence-corrected chi connectivity index (χ0v) is 14.2. The van der Waals surface area contributed by atoms with Crippen molar-refractivity contribution in [1.82, 2.24) is 0 Å². The maximum absolute atomic E-state index is 10.7. The predicted octanol–water partition coefficient (Wildman–Crippen LogP) is 4.73. The highest BCUT2D eigenvalue weighted by Crippen LogP contribution is 2.37. The molecule has 0 spiro atoms. The monoisotopic (exact) mass is 447 g/mol. The number of rotatable bonds is 3. The largest absolute Gasteiger partial charge is 0.455 e. The molecular formula is C13H8Br3NO2. The average molecular weight is 450 g/mol. The summed E-state index contributed by atoms with van der Waals surface area (Å²) in [5.74, 6) is 0.720. The van der Waals surface area contributed by atoms with Crippen molar-refractivity contribution in [3.05, 3.63) is 49.5 Å². The van der Waals surface area contributed by atoms with Crippen LogP contribution in [0.1, 0.15) is 5.76 Å². The van der Waals surface area contributed by atoms with Gasteiger partial charge in [-0.25, -0.2) is 0 Å². The van der Waals surface area contributed by atoms with E-state index in [4.69, 9.17) is 10.2 Å². The number of benzene rings is 1. The second-order valence-electron chi connectivity index (χ2n) is 3.69. The smallest absolute Gasteiger partial charge is 0.241 e. The second kappa shape index (κ2) is 6.07. The van der Waals surface area contributed by atoms with Crippen LogP contribution in [0, 0.1) is 0 Å². The van der Waals surface area contributed by atoms with Crippen LogP contribution in [0.15, 0.2) is 48.2 Å². The van der Waals surface area contributed by atoms with Crippen LogP contribution in [0.25, 0.3) is 17.4 Å². The van der Waals surface area contributed by atoms with Crippen LogP contribution >= 0.6 is 47.8 Å². The van der Waals surface area contributed by atoms with E-state index in [0.29, 0.717) is 11.5 Å². The van der Waals surface area contributed by atoms with E-state index < -0.39 is 5.91 Å². The zero-order valence-electron chi connectivity index (χ0n) is 9.49. The fraction of sp³-hybridized carbons (Fsp3) is 0. The molecule has 0 unspecified atom stereocenters. The van der Waals surface area contributed by atoms with Crippen molar-refractivity contribution < 1.29 is 9.21 Å². The van der Waals surface area contributed by atoms with Crippen molar-refractivity contribution in [3.8, 4) is 11.3 Å². The quantitative estimate of drug-likeness (QED) is 0.688. The van der Waals surface area contributed by atoms with Crippen molar-refractivity contribution in [2.45, 2.75) is 0 Å². The summed E-state index contributed by atoms with van der Waals surface area (Å²) >= 11 is 10.3. The third kappa shape index (κ3) is 3.58. The van der Waals surface area contributed by atoms with Gasteiger partial charge in [-0.05, 0) is 62.2 Å². The molecule has 0 radical (unpaired) electrons. The molecular weight excluding hydrogens is 442 g/mol. The highest BCUT2D eigenvalue weighted by Gasteiger charge is 2.13. The Bertz CT molecular complexity index is 662. The van der Waals surface area contributed by atoms with Crippen LogP contribution in [0.3, 0.4) is 0 Å². The van der Waals surface area contributed by atoms with Crippen LogP contribution in [0.5, 0.6) is 0 Å². The first kappa shape index (κ1) is 14.6. The van der Waals surface area contributed by atoms with Gasteiger partial charge in [0.25, 0.3) is 0 Å². The third-order valence-electron chi connectivity index (χ3n) is 2.29. The van der Waals surface area contributed by atoms with Crippen LogP contribution < -0.4 is 5.73 Å². The van der Waals surface area contributed by atoms with Gasteiger partial charge in [0.1, 0.15) is 11.5 Å². The fourth-order valence-electron chi connectivity index (χ4n) is 1.49. The van der Waals surface area contributed by atoms with Gasteiger partial charge >= 0.3 is 0 Å². The SMILES string of the molecule is NC(=O)/C=C\c1cc(Br)c(-c2ccc(Br)cc2Br)o1. The van der Waals surface area contributed by atoms with E-state index in [2.05, 4.69) is 47.8 Å². The minimum atomic E-state index is -0.515. The summed E-state index contributed by atoms with van der Waals surface area (Å²) in [4.78, 5) is 10.7. The molecule has 0 bridgehead atoms. The number of halogens is 3. The second-order valence-corrected chi connectivity index (χ2v) is 6.31. The Morgan fingerprint density at radius 2 is 1.89 bits per heavy atom. The molecule has 0 aliphatic rings. The maximum atomic E-state index is 10.7. The van der Waals surface area contributed by atoms with Crippen molar-refractivity contribution in [2.75, 3.05) is 0 Å². The molecule has 2 N–H and O–H groups in total. The number of carbonyl (C=O) groups is 1. The molecule has 0 aliphatic carbocycles. The first-order valence-electron chi connectivity index (χ1n) is 5.19. The van der Waals surface area contributed by atoms with E-state index in [1.807, 2.05) is 18.2 Å². The molecule has 1 aromatic heterocycles. The molecule has 0 aliphatic heterocycles. The number of amides is 1. The topological polar surface area (TPSA) is 56.2 Å². The van der Waals surface area contributed by atoms with Crippen molar-refractivity contribution in [1.29, 1.82) is 0 Å². The Hall–Kier alpha value is -0.850. The molecule has 1 aromatic carbocycles. The lowest BCUT2D eigenvalue weighted by atomic mass is 10.2. The molecule has 6 heteroatoms. The van der Waals surface area contributed by atoms with E-state index >= 15 is 0 Å². The molecule has 1 amide bonds. The van der Waals surface area contributed by atoms with Crippen LogP contribution in [0.2, 0.25) is 0 Å². The van der Waals surface area contributed by atoms with Gasteiger partial charge in [-0.2, -0.15) is 0 Å². The van der Waals surface area contributed by atoms with Crippen LogP contribution in [0.4, 0.5) is 0 Å². The molecule has 98 valence electrons. The Morgan fingerprint density at radius 1 is 1.16 bits per heavy atom. The van der Waals surface area contributed by atoms with E-state index in [9.17, 15) is 4.79 Å². The molecule has 0 atom stereocenters. The molecule has 0 fully saturated rings. The van der Waals surface area contributed by atoms with E-state index in [0.717, 1.165) is 19.0 Å². The summed E-state index contributed by atoms with van der Waals surface area (Å²) in [6.07, 6.45) is 2.79. The summed E-state index contributed by atoms with van der Waals surface area (Å²) in [5.41, 5.74) is 5.96. The lowest BCUT2D eigenvalue weighted by Crippen LogP contribution is -2.04. The molecule has 0 saturated heterocycles. The predicted molar refractivity (Wildman–Crippen MR) is 85.5 cm³/mol. The van der Waals surface area contributed by atoms with Crippen LogP contribution in [-0.2, 0) is 4.79 Å². The minimum Gasteiger partial charge on any atom is -0.455 e. The number of primary amides is 1. The molecule has 0 saturated carbocycles. The normalized spacial score (nSPS) is 11.1. The maximum Gasteiger partial charge on any atom is 0.241 e. The van der Waals surface area contributed by atoms with Crippen molar-refractivity contribution >= 4 is 59.8 Å². The number of carbonyl (C=O) groups excluding carboxylic acids is 1. The average Bonchev–Trinajstić information content (AvgIpc) is 2.68. The number of hydrogen-bond acceptors (Lipinski definition) is 2. The molecule has 2 aromatic rings. The molecule has 3 nitrogen and oxygen atoms in total. The van der Waals surface area contributed by atoms with Crippen LogP contribution in [-0.4, -0.2) is 5.91 Å². The zero-order chi connectivity index (χ0) is 14.0. The summed E-state index contributed by atoms with van der Waals surface area (Å²) in [6.45, 7) is 0. The van der Waals surface area contributed by atoms with Gasteiger partial charge in [-0.3, -0.25) is 4.79 Å². The van der Waals surface area contributed by atoms with E-state index in [1.54, 1.807) is 6.07 Å². The lowest BCUT2D eigenvalue weighted by molar-refractivity contribution is -0.113. The third-order valence-corrected chi connectivity index (χ3v) is 4.03. The van der Waals surface area contributed by atoms with Gasteiger partial charge in [-0.1, -0.05) is 15.9 Å². The van der Waals surface area contributed by atoms with Gasteiger partial charge in [0.2, 0.25) is 5.91 Å². The number of nitrogens with two attached hydrogens (primary N) is 1. The number of furan rings is 1. The summed E-state index contributed by atoms with van der Waals surface area (Å²) < 4.78 is 8.37. The van der Waals surface area contributed by atoms with Gasteiger partial charge in [0.05, 0.1) is 4.47 Å². The Balaban J connectivity index is 2.43. The van der Waals surface area contributed by atoms with Crippen molar-refractivity contribution in [2.24, 2.45) is 5.73 Å². The lowest BCUT2D eigenvalue weighted by Gasteiger charge is -2.02. The highest BCUT2D eigenvalue weighted by molar-refractivity contribution is 9.11. The summed E-state index contributed by atoms with van der Waals surface area (Å²) in [7, 11) is 0. The van der Waals surface area contributed by atoms with Crippen molar-refractivity contribution in [3.63, 3.8) is 0 Å². The van der Waals surface area contributed by atoms with Gasteiger partial charge < -0.3 is 10.2 Å². The highest BCUT2D eigenvalue weighted by atomic mass is 79.9. The Labute approximate surface area is 135 Å². The Kier molecular flexibility index (Phi) is 4.65. The molecule has 2 rings (SSSR count). The van der Waals surface area contributed by atoms with E-state index in [1.165, 1.54) is 12.2 Å². The van der Waals surface area contributed by atoms with E-state index in [-0.39, 0.29) is 0 Å². The fourth-order valence-corrected chi connectivity index (χ4v) is 3.24. The van der Waals surface area contributed by atoms with Gasteiger partial charge in [-0.15, -0.1) is 0 Å². The molecule has 19 heavy (non-hydrogen) atoms. The first-order chi connectivity index (χ1) is 8.97. The Morgan fingerprint density at radius 3 is 2.53 bits per heavy atom. The van der Waals surface area contributed by atoms with Gasteiger partial charge in [0.15, 0.2) is 0 Å².